The van der Waals surface area contributed by atoms with Gasteiger partial charge in [-0.1, -0.05) is 0 Å². The van der Waals surface area contributed by atoms with E-state index in [1.807, 2.05) is 0 Å². The molecule has 0 aliphatic heterocycles. The number of carbonyl (C=O) groups is 3. The average molecular weight is 307 g/mol. The summed E-state index contributed by atoms with van der Waals surface area (Å²) in [6, 6.07) is 0. The second kappa shape index (κ2) is 6.77. The van der Waals surface area contributed by atoms with Crippen molar-refractivity contribution in [2.24, 2.45) is 0 Å². The molecule has 0 spiro atoms. The summed E-state index contributed by atoms with van der Waals surface area (Å²) in [5.41, 5.74) is 1.60. The van der Waals surface area contributed by atoms with Gasteiger partial charge in [0, 0.05) is 12.1 Å². The number of aromatic amines is 1. The molecule has 0 bridgehead atoms. The maximum atomic E-state index is 12.3. The van der Waals surface area contributed by atoms with Gasteiger partial charge in [0.25, 0.3) is 0 Å². The molecule has 1 N–H and O–H groups in total. The van der Waals surface area contributed by atoms with Crippen LogP contribution in [0.5, 0.6) is 0 Å². The number of aryl methyl sites for hydroxylation is 1. The fourth-order valence-corrected chi connectivity index (χ4v) is 2.73. The first kappa shape index (κ1) is 16.3. The van der Waals surface area contributed by atoms with Gasteiger partial charge in [0.1, 0.15) is 5.69 Å². The normalized spacial score (nSPS) is 18.1. The average Bonchev–Trinajstić information content (AvgIpc) is 2.77. The minimum absolute atomic E-state index is 0.0360. The third-order valence-electron chi connectivity index (χ3n) is 3.87. The number of esters is 2. The molecule has 1 aromatic rings. The third kappa shape index (κ3) is 3.21. The number of carbonyl (C=O) groups excluding carboxylic acids is 3. The molecule has 1 heterocycles. The number of ketones is 1. The minimum atomic E-state index is -0.671. The maximum absolute atomic E-state index is 12.3. The highest BCUT2D eigenvalue weighted by molar-refractivity contribution is 5.99. The van der Waals surface area contributed by atoms with Crippen LogP contribution in [0.25, 0.3) is 0 Å². The molecule has 1 aliphatic rings. The number of nitrogens with one attached hydrogen (secondary N) is 1. The number of hydrogen-bond donors (Lipinski definition) is 1. The first-order chi connectivity index (χ1) is 10.5. The highest BCUT2D eigenvalue weighted by Crippen LogP contribution is 2.23. The summed E-state index contributed by atoms with van der Waals surface area (Å²) in [6.45, 7) is 5.34. The number of ether oxygens (including phenoxy) is 2. The van der Waals surface area contributed by atoms with Crippen LogP contribution in [0, 0.1) is 13.8 Å². The summed E-state index contributed by atoms with van der Waals surface area (Å²) >= 11 is 0. The number of hydrogen-bond acceptors (Lipinski definition) is 5. The Hall–Kier alpha value is -2.11. The Morgan fingerprint density at radius 3 is 2.59 bits per heavy atom. The van der Waals surface area contributed by atoms with Crippen LogP contribution >= 0.6 is 0 Å². The summed E-state index contributed by atoms with van der Waals surface area (Å²) in [7, 11) is 0. The Morgan fingerprint density at radius 1 is 1.23 bits per heavy atom. The van der Waals surface area contributed by atoms with Gasteiger partial charge in [-0.15, -0.1) is 0 Å². The Morgan fingerprint density at radius 2 is 1.95 bits per heavy atom. The highest BCUT2D eigenvalue weighted by atomic mass is 16.5. The molecule has 1 aromatic heterocycles. The highest BCUT2D eigenvalue weighted by Gasteiger charge is 2.29. The van der Waals surface area contributed by atoms with Gasteiger partial charge in [0.2, 0.25) is 0 Å². The fraction of sp³-hybridized carbons (Fsp3) is 0.562. The number of aromatic nitrogens is 1. The van der Waals surface area contributed by atoms with Crippen molar-refractivity contribution in [1.29, 1.82) is 0 Å². The Balaban J connectivity index is 2.18. The molecule has 6 heteroatoms. The smallest absolute Gasteiger partial charge is 0.355 e. The summed E-state index contributed by atoms with van der Waals surface area (Å²) < 4.78 is 10.3. The summed E-state index contributed by atoms with van der Waals surface area (Å²) in [4.78, 5) is 38.8. The van der Waals surface area contributed by atoms with E-state index in [4.69, 9.17) is 9.47 Å². The van der Waals surface area contributed by atoms with Gasteiger partial charge in [-0.25, -0.2) is 9.59 Å². The molecule has 2 rings (SSSR count). The molecule has 0 unspecified atom stereocenters. The van der Waals surface area contributed by atoms with E-state index in [1.165, 1.54) is 0 Å². The lowest BCUT2D eigenvalue weighted by molar-refractivity contribution is -0.129. The molecule has 1 fully saturated rings. The number of Topliss-reactive ketones (excluding diaryl/α,β-unsaturated/α-hetero) is 1. The first-order valence-electron chi connectivity index (χ1n) is 7.55. The molecular weight excluding hydrogens is 286 g/mol. The van der Waals surface area contributed by atoms with Crippen molar-refractivity contribution < 1.29 is 23.9 Å². The topological polar surface area (TPSA) is 85.5 Å². The minimum Gasteiger partial charge on any atom is -0.462 e. The molecule has 0 saturated heterocycles. The molecule has 120 valence electrons. The van der Waals surface area contributed by atoms with Gasteiger partial charge in [-0.05, 0) is 45.6 Å². The Bertz CT molecular complexity index is 602. The van der Waals surface area contributed by atoms with E-state index in [-0.39, 0.29) is 18.1 Å². The Labute approximate surface area is 129 Å². The molecule has 1 aliphatic carbocycles. The van der Waals surface area contributed by atoms with Crippen molar-refractivity contribution in [2.75, 3.05) is 6.61 Å². The quantitative estimate of drug-likeness (QED) is 0.864. The predicted molar refractivity (Wildman–Crippen MR) is 78.9 cm³/mol. The zero-order valence-corrected chi connectivity index (χ0v) is 13.2. The molecule has 22 heavy (non-hydrogen) atoms. The second-order valence-electron chi connectivity index (χ2n) is 5.45. The van der Waals surface area contributed by atoms with Crippen LogP contribution in [-0.2, 0) is 14.3 Å². The molecule has 1 saturated carbocycles. The van der Waals surface area contributed by atoms with E-state index in [0.29, 0.717) is 29.7 Å². The van der Waals surface area contributed by atoms with Crippen LogP contribution in [0.2, 0.25) is 0 Å². The molecule has 6 nitrogen and oxygen atoms in total. The van der Waals surface area contributed by atoms with E-state index in [1.54, 1.807) is 20.8 Å². The zero-order chi connectivity index (χ0) is 16.3. The number of rotatable bonds is 4. The van der Waals surface area contributed by atoms with Crippen molar-refractivity contribution in [3.05, 3.63) is 22.5 Å². The van der Waals surface area contributed by atoms with Gasteiger partial charge in [0.15, 0.2) is 11.9 Å². The van der Waals surface area contributed by atoms with E-state index >= 15 is 0 Å². The Kier molecular flexibility index (Phi) is 5.00. The molecule has 1 atom stereocenters. The molecule has 0 aromatic carbocycles. The van der Waals surface area contributed by atoms with Crippen LogP contribution in [0.1, 0.15) is 64.7 Å². The van der Waals surface area contributed by atoms with Crippen LogP contribution in [-0.4, -0.2) is 35.4 Å². The SMILES string of the molecule is CCOC(=O)c1c(C)[nH]c(C(=O)O[C@H]2CCCCC2=O)c1C. The monoisotopic (exact) mass is 307 g/mol. The van der Waals surface area contributed by atoms with Gasteiger partial charge < -0.3 is 14.5 Å². The summed E-state index contributed by atoms with van der Waals surface area (Å²) in [6.07, 6.45) is 2.07. The van der Waals surface area contributed by atoms with Crippen LogP contribution in [0.4, 0.5) is 0 Å². The first-order valence-corrected chi connectivity index (χ1v) is 7.55. The van der Waals surface area contributed by atoms with Crippen LogP contribution in [0.15, 0.2) is 0 Å². The van der Waals surface area contributed by atoms with Crippen molar-refractivity contribution in [3.8, 4) is 0 Å². The van der Waals surface area contributed by atoms with Gasteiger partial charge in [0.05, 0.1) is 12.2 Å². The summed E-state index contributed by atoms with van der Waals surface area (Å²) in [5, 5.41) is 0. The third-order valence-corrected chi connectivity index (χ3v) is 3.87. The van der Waals surface area contributed by atoms with Crippen molar-refractivity contribution >= 4 is 17.7 Å². The van der Waals surface area contributed by atoms with E-state index in [9.17, 15) is 14.4 Å². The van der Waals surface area contributed by atoms with E-state index < -0.39 is 18.0 Å². The lowest BCUT2D eigenvalue weighted by atomic mass is 9.96. The lowest BCUT2D eigenvalue weighted by Gasteiger charge is -2.20. The van der Waals surface area contributed by atoms with Crippen LogP contribution in [0.3, 0.4) is 0 Å². The van der Waals surface area contributed by atoms with Crippen LogP contribution < -0.4 is 0 Å². The molecule has 0 amide bonds. The predicted octanol–water partition coefficient (Wildman–Crippen LogP) is 2.48. The van der Waals surface area contributed by atoms with Crippen molar-refractivity contribution in [3.63, 3.8) is 0 Å². The lowest BCUT2D eigenvalue weighted by Crippen LogP contribution is -2.30. The van der Waals surface area contributed by atoms with Gasteiger partial charge in [-0.2, -0.15) is 0 Å². The fourth-order valence-electron chi connectivity index (χ4n) is 2.73. The zero-order valence-electron chi connectivity index (χ0n) is 13.2. The van der Waals surface area contributed by atoms with E-state index in [0.717, 1.165) is 12.8 Å². The van der Waals surface area contributed by atoms with E-state index in [2.05, 4.69) is 4.98 Å². The van der Waals surface area contributed by atoms with Crippen molar-refractivity contribution in [2.45, 2.75) is 52.6 Å². The molecular formula is C16H21NO5. The maximum Gasteiger partial charge on any atom is 0.355 e. The summed E-state index contributed by atoms with van der Waals surface area (Å²) in [5.74, 6) is -1.11. The standard InChI is InChI=1S/C16H21NO5/c1-4-21-15(19)13-9(2)14(17-10(13)3)16(20)22-12-8-6-5-7-11(12)18/h12,17H,4-8H2,1-3H3/t12-/m0/s1. The largest absolute Gasteiger partial charge is 0.462 e. The molecule has 0 radical (unpaired) electrons. The van der Waals surface area contributed by atoms with Crippen molar-refractivity contribution in [1.82, 2.24) is 4.98 Å². The second-order valence-corrected chi connectivity index (χ2v) is 5.45. The van der Waals surface area contributed by atoms with Gasteiger partial charge in [-0.3, -0.25) is 4.79 Å². The van der Waals surface area contributed by atoms with Gasteiger partial charge >= 0.3 is 11.9 Å². The number of H-pyrrole nitrogens is 1.